The molecule has 1 atom stereocenters. The lowest BCUT2D eigenvalue weighted by molar-refractivity contribution is -0.120. The van der Waals surface area contributed by atoms with Gasteiger partial charge in [-0.1, -0.05) is 18.2 Å². The molecule has 1 aliphatic heterocycles. The Labute approximate surface area is 135 Å². The van der Waals surface area contributed by atoms with E-state index in [0.717, 1.165) is 5.56 Å². The normalized spacial score (nSPS) is 16.2. The van der Waals surface area contributed by atoms with E-state index in [4.69, 9.17) is 4.74 Å². The van der Waals surface area contributed by atoms with Gasteiger partial charge in [0.2, 0.25) is 11.6 Å². The average Bonchev–Trinajstić information content (AvgIpc) is 2.88. The molecule has 1 aliphatic rings. The van der Waals surface area contributed by atoms with E-state index in [2.05, 4.69) is 0 Å². The number of fused-ring (bicyclic) bond motifs is 1. The predicted octanol–water partition coefficient (Wildman–Crippen LogP) is 3.60. The molecule has 0 spiro atoms. The van der Waals surface area contributed by atoms with E-state index >= 15 is 0 Å². The standard InChI is InChI=1S/C17H13F4NO2/c1-9-6-10-4-2-3-5-13(10)22(9)14(23)8-24-17-15(20)11(18)7-12(19)16(17)21/h2-5,7,9H,6,8H2,1H3. The minimum absolute atomic E-state index is 0.0815. The van der Waals surface area contributed by atoms with Crippen LogP contribution in [0.3, 0.4) is 0 Å². The summed E-state index contributed by atoms with van der Waals surface area (Å²) in [5.41, 5.74) is 1.65. The van der Waals surface area contributed by atoms with Crippen LogP contribution in [0.2, 0.25) is 0 Å². The smallest absolute Gasteiger partial charge is 0.265 e. The lowest BCUT2D eigenvalue weighted by atomic mass is 10.1. The van der Waals surface area contributed by atoms with Crippen molar-refractivity contribution in [2.45, 2.75) is 19.4 Å². The highest BCUT2D eigenvalue weighted by Gasteiger charge is 2.31. The Balaban J connectivity index is 1.80. The van der Waals surface area contributed by atoms with Gasteiger partial charge >= 0.3 is 0 Å². The van der Waals surface area contributed by atoms with Gasteiger partial charge in [-0.3, -0.25) is 4.79 Å². The molecule has 0 radical (unpaired) electrons. The molecule has 24 heavy (non-hydrogen) atoms. The summed E-state index contributed by atoms with van der Waals surface area (Å²) in [6.07, 6.45) is 0.638. The third-order valence-corrected chi connectivity index (χ3v) is 3.89. The van der Waals surface area contributed by atoms with E-state index in [0.29, 0.717) is 12.1 Å². The van der Waals surface area contributed by atoms with Gasteiger partial charge in [0, 0.05) is 17.8 Å². The Morgan fingerprint density at radius 1 is 1.17 bits per heavy atom. The highest BCUT2D eigenvalue weighted by molar-refractivity contribution is 5.97. The molecule has 1 heterocycles. The first kappa shape index (κ1) is 16.3. The first-order valence-electron chi connectivity index (χ1n) is 7.26. The summed E-state index contributed by atoms with van der Waals surface area (Å²) >= 11 is 0. The average molecular weight is 339 g/mol. The number of nitrogens with zero attached hydrogens (tertiary/aromatic N) is 1. The van der Waals surface area contributed by atoms with Crippen molar-refractivity contribution in [2.24, 2.45) is 0 Å². The number of ether oxygens (including phenoxy) is 1. The fourth-order valence-corrected chi connectivity index (χ4v) is 2.83. The molecule has 3 rings (SSSR count). The van der Waals surface area contributed by atoms with Gasteiger partial charge in [0.25, 0.3) is 5.91 Å². The molecular formula is C17H13F4NO2. The van der Waals surface area contributed by atoms with Crippen LogP contribution in [-0.2, 0) is 11.2 Å². The van der Waals surface area contributed by atoms with Gasteiger partial charge in [0.05, 0.1) is 0 Å². The minimum atomic E-state index is -1.67. The lowest BCUT2D eigenvalue weighted by Gasteiger charge is -2.22. The maximum atomic E-state index is 13.6. The van der Waals surface area contributed by atoms with Crippen LogP contribution in [0, 0.1) is 23.3 Å². The molecule has 2 aromatic rings. The third-order valence-electron chi connectivity index (χ3n) is 3.89. The number of carbonyl (C=O) groups is 1. The van der Waals surface area contributed by atoms with E-state index in [1.165, 1.54) is 4.90 Å². The molecule has 0 fully saturated rings. The van der Waals surface area contributed by atoms with E-state index in [1.54, 1.807) is 12.1 Å². The topological polar surface area (TPSA) is 29.5 Å². The second-order valence-corrected chi connectivity index (χ2v) is 5.53. The Bertz CT molecular complexity index is 783. The first-order valence-corrected chi connectivity index (χ1v) is 7.26. The number of para-hydroxylation sites is 1. The maximum absolute atomic E-state index is 13.6. The van der Waals surface area contributed by atoms with Crippen molar-refractivity contribution in [3.05, 3.63) is 59.2 Å². The number of amides is 1. The van der Waals surface area contributed by atoms with Crippen LogP contribution in [0.4, 0.5) is 23.2 Å². The second-order valence-electron chi connectivity index (χ2n) is 5.53. The van der Waals surface area contributed by atoms with Crippen LogP contribution in [0.25, 0.3) is 0 Å². The monoisotopic (exact) mass is 339 g/mol. The number of hydrogen-bond donors (Lipinski definition) is 0. The molecular weight excluding hydrogens is 326 g/mol. The fraction of sp³-hybridized carbons (Fsp3) is 0.235. The Morgan fingerprint density at radius 3 is 2.46 bits per heavy atom. The van der Waals surface area contributed by atoms with E-state index in [-0.39, 0.29) is 12.1 Å². The number of halogens is 4. The SMILES string of the molecule is CC1Cc2ccccc2N1C(=O)COc1c(F)c(F)cc(F)c1F. The summed E-state index contributed by atoms with van der Waals surface area (Å²) in [7, 11) is 0. The number of benzene rings is 2. The van der Waals surface area contributed by atoms with Crippen molar-refractivity contribution in [1.29, 1.82) is 0 Å². The van der Waals surface area contributed by atoms with Crippen molar-refractivity contribution < 1.29 is 27.1 Å². The molecule has 0 aromatic heterocycles. The summed E-state index contributed by atoms with van der Waals surface area (Å²) < 4.78 is 58.1. The van der Waals surface area contributed by atoms with E-state index in [9.17, 15) is 22.4 Å². The number of rotatable bonds is 3. The largest absolute Gasteiger partial charge is 0.477 e. The van der Waals surface area contributed by atoms with Gasteiger partial charge < -0.3 is 9.64 Å². The number of anilines is 1. The zero-order valence-electron chi connectivity index (χ0n) is 12.7. The predicted molar refractivity (Wildman–Crippen MR) is 78.9 cm³/mol. The number of carbonyl (C=O) groups excluding carboxylic acids is 1. The zero-order chi connectivity index (χ0) is 17.4. The Kier molecular flexibility index (Phi) is 4.17. The van der Waals surface area contributed by atoms with Gasteiger partial charge in [0.1, 0.15) is 0 Å². The van der Waals surface area contributed by atoms with Gasteiger partial charge in [-0.05, 0) is 25.0 Å². The van der Waals surface area contributed by atoms with Crippen molar-refractivity contribution in [3.63, 3.8) is 0 Å². The fourth-order valence-electron chi connectivity index (χ4n) is 2.83. The highest BCUT2D eigenvalue weighted by atomic mass is 19.2. The van der Waals surface area contributed by atoms with Crippen LogP contribution in [0.1, 0.15) is 12.5 Å². The minimum Gasteiger partial charge on any atom is -0.477 e. The number of hydrogen-bond acceptors (Lipinski definition) is 2. The summed E-state index contributed by atoms with van der Waals surface area (Å²) in [5.74, 6) is -8.31. The Morgan fingerprint density at radius 2 is 1.79 bits per heavy atom. The van der Waals surface area contributed by atoms with Crippen LogP contribution >= 0.6 is 0 Å². The molecule has 126 valence electrons. The van der Waals surface area contributed by atoms with Crippen molar-refractivity contribution in [2.75, 3.05) is 11.5 Å². The summed E-state index contributed by atoms with van der Waals surface area (Å²) in [5, 5.41) is 0. The molecule has 7 heteroatoms. The molecule has 0 aliphatic carbocycles. The molecule has 0 saturated carbocycles. The van der Waals surface area contributed by atoms with Crippen molar-refractivity contribution >= 4 is 11.6 Å². The first-order chi connectivity index (χ1) is 11.4. The zero-order valence-corrected chi connectivity index (χ0v) is 12.7. The van der Waals surface area contributed by atoms with Crippen LogP contribution < -0.4 is 9.64 Å². The quantitative estimate of drug-likeness (QED) is 0.632. The van der Waals surface area contributed by atoms with Gasteiger partial charge in [0.15, 0.2) is 24.0 Å². The van der Waals surface area contributed by atoms with Gasteiger partial charge in [-0.2, -0.15) is 8.78 Å². The second kappa shape index (κ2) is 6.14. The maximum Gasteiger partial charge on any atom is 0.265 e. The lowest BCUT2D eigenvalue weighted by Crippen LogP contribution is -2.39. The summed E-state index contributed by atoms with van der Waals surface area (Å²) in [4.78, 5) is 13.8. The van der Waals surface area contributed by atoms with Crippen LogP contribution in [-0.4, -0.2) is 18.6 Å². The molecule has 2 aromatic carbocycles. The molecule has 0 N–H and O–H groups in total. The van der Waals surface area contributed by atoms with E-state index in [1.807, 2.05) is 19.1 Å². The molecule has 3 nitrogen and oxygen atoms in total. The van der Waals surface area contributed by atoms with Gasteiger partial charge in [-0.25, -0.2) is 8.78 Å². The third kappa shape index (κ3) is 2.70. The molecule has 1 amide bonds. The van der Waals surface area contributed by atoms with E-state index < -0.39 is 41.5 Å². The Hall–Kier alpha value is -2.57. The van der Waals surface area contributed by atoms with Gasteiger partial charge in [-0.15, -0.1) is 0 Å². The molecule has 1 unspecified atom stereocenters. The van der Waals surface area contributed by atoms with Crippen molar-refractivity contribution in [3.8, 4) is 5.75 Å². The molecule has 0 saturated heterocycles. The summed E-state index contributed by atoms with van der Waals surface area (Å²) in [6.45, 7) is 1.08. The van der Waals surface area contributed by atoms with Crippen LogP contribution in [0.5, 0.6) is 5.75 Å². The van der Waals surface area contributed by atoms with Crippen molar-refractivity contribution in [1.82, 2.24) is 0 Å². The highest BCUT2D eigenvalue weighted by Crippen LogP contribution is 2.32. The van der Waals surface area contributed by atoms with Crippen LogP contribution in [0.15, 0.2) is 30.3 Å². The summed E-state index contributed by atoms with van der Waals surface area (Å²) in [6, 6.07) is 7.16. The molecule has 0 bridgehead atoms.